The van der Waals surface area contributed by atoms with Gasteiger partial charge in [-0.05, 0) is 37.1 Å². The first kappa shape index (κ1) is 17.7. The van der Waals surface area contributed by atoms with Crippen molar-refractivity contribution < 1.29 is 14.0 Å². The first-order chi connectivity index (χ1) is 11.5. The third kappa shape index (κ3) is 4.70. The van der Waals surface area contributed by atoms with E-state index in [1.54, 1.807) is 24.3 Å². The number of hydrogen-bond donors (Lipinski definition) is 3. The molecule has 2 amide bonds. The molecule has 1 atom stereocenters. The van der Waals surface area contributed by atoms with Crippen LogP contribution < -0.4 is 16.4 Å². The average Bonchev–Trinajstić information content (AvgIpc) is 3.09. The van der Waals surface area contributed by atoms with Gasteiger partial charge < -0.3 is 20.8 Å². The summed E-state index contributed by atoms with van der Waals surface area (Å²) in [6.07, 6.45) is 2.25. The summed E-state index contributed by atoms with van der Waals surface area (Å²) < 4.78 is 5.15. The van der Waals surface area contributed by atoms with Crippen molar-refractivity contribution >= 4 is 11.8 Å². The smallest absolute Gasteiger partial charge is 0.254 e. The highest BCUT2D eigenvalue weighted by Gasteiger charge is 2.11. The standard InChI is InChI=1S/C18H23N3O3/c1-3-12(2)21-18(23)14-6-4-5-13(7-14)10-20-17(22)15-8-16(9-19)24-11-15/h4-8,11-12H,3,9-10,19H2,1-2H3,(H,20,22)(H,21,23). The van der Waals surface area contributed by atoms with Gasteiger partial charge in [-0.1, -0.05) is 19.1 Å². The minimum atomic E-state index is -0.243. The van der Waals surface area contributed by atoms with Gasteiger partial charge in [-0.3, -0.25) is 9.59 Å². The molecule has 1 unspecified atom stereocenters. The summed E-state index contributed by atoms with van der Waals surface area (Å²) in [6.45, 7) is 4.55. The first-order valence-corrected chi connectivity index (χ1v) is 7.99. The van der Waals surface area contributed by atoms with E-state index in [1.807, 2.05) is 19.9 Å². The van der Waals surface area contributed by atoms with Gasteiger partial charge in [-0.15, -0.1) is 0 Å². The van der Waals surface area contributed by atoms with Gasteiger partial charge in [0.2, 0.25) is 0 Å². The van der Waals surface area contributed by atoms with E-state index in [1.165, 1.54) is 6.26 Å². The summed E-state index contributed by atoms with van der Waals surface area (Å²) in [5.41, 5.74) is 7.32. The van der Waals surface area contributed by atoms with Gasteiger partial charge in [0, 0.05) is 18.2 Å². The van der Waals surface area contributed by atoms with Crippen LogP contribution in [0, 0.1) is 0 Å². The maximum atomic E-state index is 12.1. The number of carbonyl (C=O) groups is 2. The van der Waals surface area contributed by atoms with E-state index in [-0.39, 0.29) is 24.4 Å². The minimum Gasteiger partial charge on any atom is -0.467 e. The van der Waals surface area contributed by atoms with Gasteiger partial charge >= 0.3 is 0 Å². The lowest BCUT2D eigenvalue weighted by Crippen LogP contribution is -2.32. The number of furan rings is 1. The summed E-state index contributed by atoms with van der Waals surface area (Å²) in [7, 11) is 0. The van der Waals surface area contributed by atoms with Crippen molar-refractivity contribution in [3.05, 3.63) is 59.0 Å². The van der Waals surface area contributed by atoms with Gasteiger partial charge in [-0.2, -0.15) is 0 Å². The molecule has 0 fully saturated rings. The van der Waals surface area contributed by atoms with Crippen molar-refractivity contribution in [1.82, 2.24) is 10.6 Å². The quantitative estimate of drug-likeness (QED) is 0.725. The Morgan fingerprint density at radius 3 is 2.67 bits per heavy atom. The van der Waals surface area contributed by atoms with Crippen molar-refractivity contribution in [2.45, 2.75) is 39.4 Å². The van der Waals surface area contributed by atoms with E-state index in [0.29, 0.717) is 23.4 Å². The van der Waals surface area contributed by atoms with Gasteiger partial charge in [0.25, 0.3) is 11.8 Å². The van der Waals surface area contributed by atoms with Crippen LogP contribution in [0.3, 0.4) is 0 Å². The monoisotopic (exact) mass is 329 g/mol. The molecule has 128 valence electrons. The molecule has 0 aliphatic rings. The molecular weight excluding hydrogens is 306 g/mol. The molecule has 0 aliphatic carbocycles. The second-order valence-electron chi connectivity index (χ2n) is 5.67. The topological polar surface area (TPSA) is 97.4 Å². The molecule has 1 heterocycles. The Kier molecular flexibility index (Phi) is 6.14. The first-order valence-electron chi connectivity index (χ1n) is 7.99. The summed E-state index contributed by atoms with van der Waals surface area (Å²) in [6, 6.07) is 8.94. The molecule has 2 aromatic rings. The third-order valence-corrected chi connectivity index (χ3v) is 3.75. The summed E-state index contributed by atoms with van der Waals surface area (Å²) in [4.78, 5) is 24.2. The number of amides is 2. The van der Waals surface area contributed by atoms with Crippen molar-refractivity contribution in [2.24, 2.45) is 5.73 Å². The Morgan fingerprint density at radius 2 is 2.00 bits per heavy atom. The third-order valence-electron chi connectivity index (χ3n) is 3.75. The molecule has 0 saturated heterocycles. The highest BCUT2D eigenvalue weighted by Crippen LogP contribution is 2.09. The van der Waals surface area contributed by atoms with Crippen LogP contribution in [0.25, 0.3) is 0 Å². The molecule has 0 saturated carbocycles. The number of carbonyl (C=O) groups excluding carboxylic acids is 2. The zero-order chi connectivity index (χ0) is 17.5. The summed E-state index contributed by atoms with van der Waals surface area (Å²) >= 11 is 0. The van der Waals surface area contributed by atoms with Crippen LogP contribution in [0.5, 0.6) is 0 Å². The Bertz CT molecular complexity index is 709. The second kappa shape index (κ2) is 8.31. The molecule has 0 aliphatic heterocycles. The Morgan fingerprint density at radius 1 is 1.21 bits per heavy atom. The van der Waals surface area contributed by atoms with E-state index in [9.17, 15) is 9.59 Å². The molecule has 0 spiro atoms. The Hall–Kier alpha value is -2.60. The maximum Gasteiger partial charge on any atom is 0.254 e. The fourth-order valence-corrected chi connectivity index (χ4v) is 2.12. The van der Waals surface area contributed by atoms with Gasteiger partial charge in [0.05, 0.1) is 12.1 Å². The number of nitrogens with two attached hydrogens (primary N) is 1. The predicted molar refractivity (Wildman–Crippen MR) is 91.4 cm³/mol. The second-order valence-corrected chi connectivity index (χ2v) is 5.67. The van der Waals surface area contributed by atoms with E-state index in [4.69, 9.17) is 10.2 Å². The van der Waals surface area contributed by atoms with Crippen LogP contribution in [0.1, 0.15) is 52.3 Å². The summed E-state index contributed by atoms with van der Waals surface area (Å²) in [5.74, 6) is 0.205. The van der Waals surface area contributed by atoms with Crippen LogP contribution >= 0.6 is 0 Å². The normalized spacial score (nSPS) is 11.8. The molecule has 4 N–H and O–H groups in total. The maximum absolute atomic E-state index is 12.1. The molecular formula is C18H23N3O3. The molecule has 6 nitrogen and oxygen atoms in total. The molecule has 1 aromatic heterocycles. The van der Waals surface area contributed by atoms with Crippen LogP contribution in [0.4, 0.5) is 0 Å². The fraction of sp³-hybridized carbons (Fsp3) is 0.333. The molecule has 2 rings (SSSR count). The van der Waals surface area contributed by atoms with Crippen LogP contribution in [-0.4, -0.2) is 17.9 Å². The molecule has 1 aromatic carbocycles. The van der Waals surface area contributed by atoms with Crippen LogP contribution in [0.15, 0.2) is 41.0 Å². The number of nitrogens with one attached hydrogen (secondary N) is 2. The molecule has 0 radical (unpaired) electrons. The average molecular weight is 329 g/mol. The van der Waals surface area contributed by atoms with Crippen LogP contribution in [0.2, 0.25) is 0 Å². The van der Waals surface area contributed by atoms with Crippen molar-refractivity contribution in [1.29, 1.82) is 0 Å². The Balaban J connectivity index is 1.96. The molecule has 0 bridgehead atoms. The van der Waals surface area contributed by atoms with E-state index < -0.39 is 0 Å². The number of rotatable bonds is 7. The highest BCUT2D eigenvalue weighted by atomic mass is 16.3. The zero-order valence-corrected chi connectivity index (χ0v) is 14.0. The van der Waals surface area contributed by atoms with E-state index in [2.05, 4.69) is 10.6 Å². The van der Waals surface area contributed by atoms with E-state index in [0.717, 1.165) is 12.0 Å². The van der Waals surface area contributed by atoms with Crippen molar-refractivity contribution in [2.75, 3.05) is 0 Å². The number of hydrogen-bond acceptors (Lipinski definition) is 4. The largest absolute Gasteiger partial charge is 0.467 e. The highest BCUT2D eigenvalue weighted by molar-refractivity contribution is 5.95. The van der Waals surface area contributed by atoms with Gasteiger partial charge in [-0.25, -0.2) is 0 Å². The lowest BCUT2D eigenvalue weighted by atomic mass is 10.1. The van der Waals surface area contributed by atoms with Crippen molar-refractivity contribution in [3.63, 3.8) is 0 Å². The summed E-state index contributed by atoms with van der Waals surface area (Å²) in [5, 5.41) is 5.72. The zero-order valence-electron chi connectivity index (χ0n) is 14.0. The minimum absolute atomic E-state index is 0.111. The number of benzene rings is 1. The Labute approximate surface area is 141 Å². The van der Waals surface area contributed by atoms with Crippen molar-refractivity contribution in [3.8, 4) is 0 Å². The predicted octanol–water partition coefficient (Wildman–Crippen LogP) is 2.20. The SMILES string of the molecule is CCC(C)NC(=O)c1cccc(CNC(=O)c2coc(CN)c2)c1. The molecule has 6 heteroatoms. The van der Waals surface area contributed by atoms with Crippen LogP contribution in [-0.2, 0) is 13.1 Å². The van der Waals surface area contributed by atoms with E-state index >= 15 is 0 Å². The van der Waals surface area contributed by atoms with Gasteiger partial charge in [0.15, 0.2) is 0 Å². The lowest BCUT2D eigenvalue weighted by molar-refractivity contribution is 0.0936. The molecule has 24 heavy (non-hydrogen) atoms. The fourth-order valence-electron chi connectivity index (χ4n) is 2.12. The lowest BCUT2D eigenvalue weighted by Gasteiger charge is -2.12. The van der Waals surface area contributed by atoms with Gasteiger partial charge in [0.1, 0.15) is 12.0 Å².